The lowest BCUT2D eigenvalue weighted by molar-refractivity contribution is -0.0499. The van der Waals surface area contributed by atoms with Crippen LogP contribution in [-0.4, -0.2) is 50.4 Å². The molecule has 0 aliphatic heterocycles. The van der Waals surface area contributed by atoms with Crippen LogP contribution in [0, 0.1) is 11.5 Å². The molecule has 0 saturated carbocycles. The SMILES string of the molecule is CC(C)[Si](C#Cc1cccc2nc(N(C(=O)OC(C)(C)C)C(=O)OC(C)(C)C)cc(OS(=O)(=O)C(F)(F)F)c12)(C(C)C)C(C)C. The fraction of sp³-hybridized carbons (Fsp3) is 0.581. The number of nitrogens with zero attached hydrogens (tertiary/aromatic N) is 2. The van der Waals surface area contributed by atoms with Gasteiger partial charge in [-0.15, -0.1) is 5.54 Å². The van der Waals surface area contributed by atoms with Gasteiger partial charge in [0.1, 0.15) is 19.3 Å². The van der Waals surface area contributed by atoms with Gasteiger partial charge >= 0.3 is 27.8 Å². The lowest BCUT2D eigenvalue weighted by Crippen LogP contribution is -2.44. The quantitative estimate of drug-likeness (QED) is 0.130. The summed E-state index contributed by atoms with van der Waals surface area (Å²) in [5.74, 6) is 1.70. The second-order valence-electron chi connectivity index (χ2n) is 13.6. The Morgan fingerprint density at radius 2 is 1.33 bits per heavy atom. The van der Waals surface area contributed by atoms with Crippen LogP contribution in [0.5, 0.6) is 5.75 Å². The van der Waals surface area contributed by atoms with Gasteiger partial charge in [-0.05, 0) is 70.3 Å². The number of hydrogen-bond donors (Lipinski definition) is 0. The number of anilines is 1. The number of amides is 2. The normalized spacial score (nSPS) is 13.1. The van der Waals surface area contributed by atoms with Crippen LogP contribution < -0.4 is 9.08 Å². The Hall–Kier alpha value is -3.31. The minimum absolute atomic E-state index is 0.0882. The minimum atomic E-state index is -6.20. The largest absolute Gasteiger partial charge is 0.534 e. The summed E-state index contributed by atoms with van der Waals surface area (Å²) in [6.07, 6.45) is -2.52. The van der Waals surface area contributed by atoms with Gasteiger partial charge in [0.05, 0.1) is 10.9 Å². The molecule has 0 spiro atoms. The third-order valence-electron chi connectivity index (χ3n) is 6.93. The number of aromatic nitrogens is 1. The van der Waals surface area contributed by atoms with Crippen molar-refractivity contribution in [3.8, 4) is 17.2 Å². The number of rotatable bonds is 6. The molecule has 0 atom stereocenters. The Bertz CT molecular complexity index is 1550. The Labute approximate surface area is 264 Å². The standard InChI is InChI=1S/C31H43F3N2O7SSi/c1-19(2)45(20(3)4,21(5)6)17-16-22-14-13-15-23-26(22)24(43-44(39,40)31(32,33)34)18-25(35-23)36(27(37)41-29(7,8)9)28(38)42-30(10,11)12/h13-15,18-21H,1-12H3. The first-order valence-corrected chi connectivity index (χ1v) is 18.1. The highest BCUT2D eigenvalue weighted by molar-refractivity contribution is 7.88. The van der Waals surface area contributed by atoms with Crippen LogP contribution in [-0.2, 0) is 19.6 Å². The van der Waals surface area contributed by atoms with Gasteiger partial charge in [-0.3, -0.25) is 0 Å². The smallest absolute Gasteiger partial charge is 0.443 e. The third kappa shape index (κ3) is 8.91. The van der Waals surface area contributed by atoms with Gasteiger partial charge < -0.3 is 13.7 Å². The maximum Gasteiger partial charge on any atom is 0.534 e. The average molecular weight is 673 g/mol. The molecule has 250 valence electrons. The summed E-state index contributed by atoms with van der Waals surface area (Å²) < 4.78 is 80.7. The first-order chi connectivity index (χ1) is 20.2. The summed E-state index contributed by atoms with van der Waals surface area (Å²) in [5.41, 5.74) is -3.78. The molecule has 0 unspecified atom stereocenters. The zero-order chi connectivity index (χ0) is 34.9. The second-order valence-corrected chi connectivity index (χ2v) is 20.7. The fourth-order valence-electron chi connectivity index (χ4n) is 5.17. The number of carbonyl (C=O) groups is 2. The molecule has 45 heavy (non-hydrogen) atoms. The van der Waals surface area contributed by atoms with Crippen molar-refractivity contribution >= 4 is 47.1 Å². The molecule has 2 amide bonds. The summed E-state index contributed by atoms with van der Waals surface area (Å²) in [4.78, 5) is 31.2. The molecule has 14 heteroatoms. The van der Waals surface area contributed by atoms with Crippen molar-refractivity contribution in [3.05, 3.63) is 29.8 Å². The van der Waals surface area contributed by atoms with Gasteiger partial charge in [-0.25, -0.2) is 14.6 Å². The van der Waals surface area contributed by atoms with Crippen LogP contribution in [0.25, 0.3) is 10.9 Å². The molecular weight excluding hydrogens is 629 g/mol. The van der Waals surface area contributed by atoms with Crippen molar-refractivity contribution in [1.82, 2.24) is 4.98 Å². The maximum atomic E-state index is 13.6. The van der Waals surface area contributed by atoms with E-state index in [-0.39, 0.29) is 33.1 Å². The molecule has 1 heterocycles. The van der Waals surface area contributed by atoms with Crippen LogP contribution in [0.1, 0.15) is 88.6 Å². The summed E-state index contributed by atoms with van der Waals surface area (Å²) in [6.45, 7) is 21.8. The number of benzene rings is 1. The number of fused-ring (bicyclic) bond motifs is 1. The molecule has 2 rings (SSSR count). The van der Waals surface area contributed by atoms with Gasteiger partial charge in [0, 0.05) is 11.6 Å². The Balaban J connectivity index is 3.04. The van der Waals surface area contributed by atoms with E-state index in [2.05, 4.69) is 62.2 Å². The summed E-state index contributed by atoms with van der Waals surface area (Å²) in [5, 5.41) is -0.144. The minimum Gasteiger partial charge on any atom is -0.443 e. The number of carbonyl (C=O) groups excluding carboxylic acids is 2. The van der Waals surface area contributed by atoms with E-state index in [9.17, 15) is 31.2 Å². The third-order valence-corrected chi connectivity index (χ3v) is 14.2. The van der Waals surface area contributed by atoms with Crippen LogP contribution in [0.2, 0.25) is 16.6 Å². The lowest BCUT2D eigenvalue weighted by atomic mass is 10.1. The summed E-state index contributed by atoms with van der Waals surface area (Å²) >= 11 is 0. The van der Waals surface area contributed by atoms with Crippen LogP contribution >= 0.6 is 0 Å². The van der Waals surface area contributed by atoms with E-state index in [0.29, 0.717) is 4.90 Å². The summed E-state index contributed by atoms with van der Waals surface area (Å²) in [6, 6.07) is 5.17. The highest BCUT2D eigenvalue weighted by Gasteiger charge is 2.49. The van der Waals surface area contributed by atoms with Gasteiger partial charge in [0.25, 0.3) is 0 Å². The molecule has 9 nitrogen and oxygen atoms in total. The number of pyridine rings is 1. The average Bonchev–Trinajstić information content (AvgIpc) is 2.80. The van der Waals surface area contributed by atoms with E-state index in [0.717, 1.165) is 6.07 Å². The molecule has 0 radical (unpaired) electrons. The molecule has 0 aliphatic rings. The predicted molar refractivity (Wildman–Crippen MR) is 170 cm³/mol. The molecule has 0 N–H and O–H groups in total. The van der Waals surface area contributed by atoms with Crippen molar-refractivity contribution in [2.45, 2.75) is 116 Å². The van der Waals surface area contributed by atoms with Crippen LogP contribution in [0.3, 0.4) is 0 Å². The number of hydrogen-bond acceptors (Lipinski definition) is 8. The van der Waals surface area contributed by atoms with E-state index in [1.54, 1.807) is 0 Å². The van der Waals surface area contributed by atoms with Gasteiger partial charge in [-0.2, -0.15) is 26.5 Å². The molecular formula is C31H43F3N2O7SSi. The van der Waals surface area contributed by atoms with E-state index >= 15 is 0 Å². The second kappa shape index (κ2) is 13.2. The Morgan fingerprint density at radius 1 is 0.867 bits per heavy atom. The van der Waals surface area contributed by atoms with Crippen LogP contribution in [0.4, 0.5) is 28.6 Å². The fourth-order valence-corrected chi connectivity index (χ4v) is 10.9. The Kier molecular flexibility index (Phi) is 11.1. The molecule has 2 aromatic rings. The van der Waals surface area contributed by atoms with E-state index in [1.165, 1.54) is 59.7 Å². The van der Waals surface area contributed by atoms with Gasteiger partial charge in [0.15, 0.2) is 11.6 Å². The monoisotopic (exact) mass is 672 g/mol. The van der Waals surface area contributed by atoms with Crippen molar-refractivity contribution in [3.63, 3.8) is 0 Å². The molecule has 0 aliphatic carbocycles. The predicted octanol–water partition coefficient (Wildman–Crippen LogP) is 8.71. The molecule has 0 bridgehead atoms. The molecule has 1 aromatic carbocycles. The van der Waals surface area contributed by atoms with Gasteiger partial charge in [-0.1, -0.05) is 53.5 Å². The number of ether oxygens (including phenoxy) is 2. The highest BCUT2D eigenvalue weighted by atomic mass is 32.2. The molecule has 1 aromatic heterocycles. The van der Waals surface area contributed by atoms with E-state index in [4.69, 9.17) is 9.47 Å². The number of alkyl halides is 3. The zero-order valence-corrected chi connectivity index (χ0v) is 29.7. The maximum absolute atomic E-state index is 13.6. The number of imide groups is 1. The number of halogens is 3. The van der Waals surface area contributed by atoms with Crippen molar-refractivity contribution < 1.29 is 44.8 Å². The van der Waals surface area contributed by atoms with E-state index < -0.39 is 58.7 Å². The topological polar surface area (TPSA) is 112 Å². The molecule has 0 saturated heterocycles. The molecule has 0 fully saturated rings. The first-order valence-electron chi connectivity index (χ1n) is 14.5. The van der Waals surface area contributed by atoms with Crippen molar-refractivity contribution in [1.29, 1.82) is 0 Å². The zero-order valence-electron chi connectivity index (χ0n) is 27.8. The lowest BCUT2D eigenvalue weighted by Gasteiger charge is -2.38. The summed E-state index contributed by atoms with van der Waals surface area (Å²) in [7, 11) is -8.55. The highest BCUT2D eigenvalue weighted by Crippen LogP contribution is 2.41. The first kappa shape index (κ1) is 37.9. The van der Waals surface area contributed by atoms with Gasteiger partial charge in [0.2, 0.25) is 0 Å². The van der Waals surface area contributed by atoms with E-state index in [1.807, 2.05) is 0 Å². The van der Waals surface area contributed by atoms with Crippen molar-refractivity contribution in [2.24, 2.45) is 0 Å². The van der Waals surface area contributed by atoms with Crippen LogP contribution in [0.15, 0.2) is 24.3 Å². The Morgan fingerprint density at radius 3 is 1.73 bits per heavy atom. The van der Waals surface area contributed by atoms with Crippen molar-refractivity contribution in [2.75, 3.05) is 4.90 Å².